The van der Waals surface area contributed by atoms with Crippen LogP contribution in [0.4, 0.5) is 0 Å². The summed E-state index contributed by atoms with van der Waals surface area (Å²) in [7, 11) is -3.38. The van der Waals surface area contributed by atoms with E-state index in [4.69, 9.17) is 10.5 Å². The van der Waals surface area contributed by atoms with Gasteiger partial charge in [-0.25, -0.2) is 8.42 Å². The minimum Gasteiger partial charge on any atom is -0.367 e. The molecule has 0 bridgehead atoms. The number of rotatable bonds is 4. The highest BCUT2D eigenvalue weighted by Gasteiger charge is 2.38. The molecule has 5 nitrogen and oxygen atoms in total. The van der Waals surface area contributed by atoms with Crippen LogP contribution in [0.1, 0.15) is 20.3 Å². The largest absolute Gasteiger partial charge is 0.367 e. The van der Waals surface area contributed by atoms with Gasteiger partial charge in [-0.2, -0.15) is 0 Å². The van der Waals surface area contributed by atoms with Crippen molar-refractivity contribution < 1.29 is 17.9 Å². The van der Waals surface area contributed by atoms with Gasteiger partial charge in [-0.3, -0.25) is 4.79 Å². The Morgan fingerprint density at radius 3 is 2.53 bits per heavy atom. The molecule has 0 saturated carbocycles. The van der Waals surface area contributed by atoms with E-state index in [0.717, 1.165) is 6.26 Å². The first-order chi connectivity index (χ1) is 7.67. The minimum atomic E-state index is -3.38. The fraction of sp³-hybridized carbons (Fsp3) is 0.545. The average Bonchev–Trinajstić information content (AvgIpc) is 2.15. The molecule has 96 valence electrons. The smallest absolute Gasteiger partial charge is 0.254 e. The summed E-state index contributed by atoms with van der Waals surface area (Å²) in [5.41, 5.74) is 3.96. The molecule has 1 atom stereocenters. The molecule has 0 saturated heterocycles. The van der Waals surface area contributed by atoms with Gasteiger partial charge in [-0.1, -0.05) is 6.08 Å². The third kappa shape index (κ3) is 3.17. The van der Waals surface area contributed by atoms with Crippen LogP contribution in [0.5, 0.6) is 0 Å². The predicted molar refractivity (Wildman–Crippen MR) is 64.8 cm³/mol. The number of primary amides is 1. The summed E-state index contributed by atoms with van der Waals surface area (Å²) in [6.07, 6.45) is 5.44. The Morgan fingerprint density at radius 2 is 2.12 bits per heavy atom. The standard InChI is InChI=1S/C11H17NO4S/c1-8(2)16-11(10(12)13)6-4-5-9(7-11)17(3,14)15/h4-5,7-8H,6H2,1-3H3,(H2,12,13). The normalized spacial score (nSPS) is 24.8. The Hall–Kier alpha value is -1.14. The van der Waals surface area contributed by atoms with E-state index in [0.29, 0.717) is 0 Å². The summed E-state index contributed by atoms with van der Waals surface area (Å²) >= 11 is 0. The van der Waals surface area contributed by atoms with Gasteiger partial charge in [-0.05, 0) is 26.0 Å². The monoisotopic (exact) mass is 259 g/mol. The number of hydrogen-bond donors (Lipinski definition) is 1. The molecule has 1 aliphatic rings. The number of ether oxygens (including phenoxy) is 1. The Bertz CT molecular complexity index is 476. The van der Waals surface area contributed by atoms with E-state index in [1.54, 1.807) is 19.9 Å². The van der Waals surface area contributed by atoms with E-state index < -0.39 is 21.3 Å². The topological polar surface area (TPSA) is 86.5 Å². The van der Waals surface area contributed by atoms with Gasteiger partial charge in [0.15, 0.2) is 15.4 Å². The second-order valence-electron chi connectivity index (χ2n) is 4.35. The zero-order chi connectivity index (χ0) is 13.3. The molecule has 0 aromatic heterocycles. The Kier molecular flexibility index (Phi) is 3.78. The first kappa shape index (κ1) is 13.9. The highest BCUT2D eigenvalue weighted by atomic mass is 32.2. The minimum absolute atomic E-state index is 0.0585. The van der Waals surface area contributed by atoms with Crippen LogP contribution in [0.15, 0.2) is 23.1 Å². The molecule has 0 aliphatic heterocycles. The Balaban J connectivity index is 3.23. The van der Waals surface area contributed by atoms with Gasteiger partial charge < -0.3 is 10.5 Å². The molecule has 0 fully saturated rings. The van der Waals surface area contributed by atoms with E-state index in [-0.39, 0.29) is 17.4 Å². The van der Waals surface area contributed by atoms with Crippen molar-refractivity contribution in [3.8, 4) is 0 Å². The molecule has 1 unspecified atom stereocenters. The van der Waals surface area contributed by atoms with Crippen LogP contribution in [0.25, 0.3) is 0 Å². The Morgan fingerprint density at radius 1 is 1.53 bits per heavy atom. The fourth-order valence-corrected chi connectivity index (χ4v) is 2.40. The molecule has 1 amide bonds. The number of amides is 1. The number of sulfone groups is 1. The third-order valence-electron chi connectivity index (χ3n) is 2.37. The van der Waals surface area contributed by atoms with E-state index in [9.17, 15) is 13.2 Å². The molecule has 1 rings (SSSR count). The van der Waals surface area contributed by atoms with Gasteiger partial charge in [0.25, 0.3) is 5.91 Å². The van der Waals surface area contributed by atoms with E-state index in [2.05, 4.69) is 0 Å². The van der Waals surface area contributed by atoms with Crippen LogP contribution in [0.2, 0.25) is 0 Å². The van der Waals surface area contributed by atoms with Crippen molar-refractivity contribution in [2.24, 2.45) is 5.73 Å². The quantitative estimate of drug-likeness (QED) is 0.797. The highest BCUT2D eigenvalue weighted by molar-refractivity contribution is 7.94. The predicted octanol–water partition coefficient (Wildman–Crippen LogP) is 0.524. The van der Waals surface area contributed by atoms with Crippen LogP contribution < -0.4 is 5.73 Å². The van der Waals surface area contributed by atoms with Crippen molar-refractivity contribution in [3.63, 3.8) is 0 Å². The van der Waals surface area contributed by atoms with Crippen LogP contribution >= 0.6 is 0 Å². The van der Waals surface area contributed by atoms with Gasteiger partial charge >= 0.3 is 0 Å². The summed E-state index contributed by atoms with van der Waals surface area (Å²) in [5.74, 6) is -0.684. The maximum Gasteiger partial charge on any atom is 0.254 e. The lowest BCUT2D eigenvalue weighted by atomic mass is 9.94. The number of carbonyl (C=O) groups is 1. The summed E-state index contributed by atoms with van der Waals surface area (Å²) in [5, 5.41) is 0. The summed E-state index contributed by atoms with van der Waals surface area (Å²) < 4.78 is 28.4. The van der Waals surface area contributed by atoms with Crippen molar-refractivity contribution in [1.82, 2.24) is 0 Å². The lowest BCUT2D eigenvalue weighted by Crippen LogP contribution is -2.47. The van der Waals surface area contributed by atoms with Gasteiger partial charge in [0.05, 0.1) is 11.0 Å². The molecule has 6 heteroatoms. The molecular formula is C11H17NO4S. The molecule has 2 N–H and O–H groups in total. The number of hydrogen-bond acceptors (Lipinski definition) is 4. The number of allylic oxidation sites excluding steroid dienone is 1. The third-order valence-corrected chi connectivity index (χ3v) is 3.48. The molecule has 0 heterocycles. The van der Waals surface area contributed by atoms with Crippen molar-refractivity contribution in [1.29, 1.82) is 0 Å². The van der Waals surface area contributed by atoms with E-state index in [1.165, 1.54) is 12.2 Å². The molecule has 0 spiro atoms. The maximum atomic E-state index is 11.5. The summed E-state index contributed by atoms with van der Waals surface area (Å²) in [4.78, 5) is 11.6. The van der Waals surface area contributed by atoms with Crippen LogP contribution in [0.3, 0.4) is 0 Å². The zero-order valence-electron chi connectivity index (χ0n) is 10.1. The van der Waals surface area contributed by atoms with Gasteiger partial charge in [-0.15, -0.1) is 0 Å². The van der Waals surface area contributed by atoms with Gasteiger partial charge in [0, 0.05) is 12.7 Å². The average molecular weight is 259 g/mol. The summed E-state index contributed by atoms with van der Waals surface area (Å²) in [6, 6.07) is 0. The fourth-order valence-electron chi connectivity index (χ4n) is 1.65. The molecule has 1 aliphatic carbocycles. The molecule has 0 aromatic rings. The number of nitrogens with two attached hydrogens (primary N) is 1. The molecule has 17 heavy (non-hydrogen) atoms. The number of carbonyl (C=O) groups excluding carboxylic acids is 1. The maximum absolute atomic E-state index is 11.5. The van der Waals surface area contributed by atoms with Crippen molar-refractivity contribution in [3.05, 3.63) is 23.1 Å². The Labute approximate surface area is 101 Å². The lowest BCUT2D eigenvalue weighted by molar-refractivity contribution is -0.141. The molecule has 0 radical (unpaired) electrons. The van der Waals surface area contributed by atoms with Crippen LogP contribution in [-0.2, 0) is 19.4 Å². The van der Waals surface area contributed by atoms with Crippen molar-refractivity contribution in [2.45, 2.75) is 32.0 Å². The lowest BCUT2D eigenvalue weighted by Gasteiger charge is -2.31. The molecule has 0 aromatic carbocycles. The molecular weight excluding hydrogens is 242 g/mol. The van der Waals surface area contributed by atoms with Crippen molar-refractivity contribution >= 4 is 15.7 Å². The van der Waals surface area contributed by atoms with E-state index in [1.807, 2.05) is 0 Å². The van der Waals surface area contributed by atoms with Crippen molar-refractivity contribution in [2.75, 3.05) is 6.26 Å². The van der Waals surface area contributed by atoms with Gasteiger partial charge in [0.2, 0.25) is 0 Å². The van der Waals surface area contributed by atoms with E-state index >= 15 is 0 Å². The first-order valence-electron chi connectivity index (χ1n) is 5.24. The van der Waals surface area contributed by atoms with Gasteiger partial charge in [0.1, 0.15) is 0 Å². The zero-order valence-corrected chi connectivity index (χ0v) is 11.0. The SMILES string of the molecule is CC(C)OC1(C(N)=O)C=C(S(C)(=O)=O)C=CC1. The summed E-state index contributed by atoms with van der Waals surface area (Å²) in [6.45, 7) is 3.52. The highest BCUT2D eigenvalue weighted by Crippen LogP contribution is 2.28. The second-order valence-corrected chi connectivity index (χ2v) is 6.36. The van der Waals surface area contributed by atoms with Crippen LogP contribution in [0, 0.1) is 0 Å². The second kappa shape index (κ2) is 4.62. The van der Waals surface area contributed by atoms with Crippen LogP contribution in [-0.4, -0.2) is 32.3 Å². The first-order valence-corrected chi connectivity index (χ1v) is 7.14.